The van der Waals surface area contributed by atoms with Gasteiger partial charge < -0.3 is 9.73 Å². The van der Waals surface area contributed by atoms with Gasteiger partial charge in [-0.05, 0) is 34.1 Å². The van der Waals surface area contributed by atoms with E-state index in [2.05, 4.69) is 21.2 Å². The average Bonchev–Trinajstić information content (AvgIpc) is 2.80. The van der Waals surface area contributed by atoms with Crippen LogP contribution in [-0.2, 0) is 6.54 Å². The summed E-state index contributed by atoms with van der Waals surface area (Å²) < 4.78 is 32.6. The van der Waals surface area contributed by atoms with E-state index in [1.54, 1.807) is 12.1 Å². The van der Waals surface area contributed by atoms with Gasteiger partial charge in [-0.3, -0.25) is 0 Å². The standard InChI is InChI=1S/C14H14BrF2NO/c1-8(2)18-7-9-3-4-14(19-9)10-5-11(15)13(17)6-12(10)16/h3-6,8,18H,7H2,1-2H3. The molecule has 0 spiro atoms. The topological polar surface area (TPSA) is 25.2 Å². The van der Waals surface area contributed by atoms with Crippen molar-refractivity contribution in [3.63, 3.8) is 0 Å². The molecular weight excluding hydrogens is 316 g/mol. The summed E-state index contributed by atoms with van der Waals surface area (Å²) in [5, 5.41) is 3.20. The van der Waals surface area contributed by atoms with Gasteiger partial charge in [0.1, 0.15) is 23.2 Å². The molecule has 2 nitrogen and oxygen atoms in total. The zero-order chi connectivity index (χ0) is 14.0. The molecule has 0 saturated carbocycles. The first kappa shape index (κ1) is 14.2. The van der Waals surface area contributed by atoms with E-state index in [4.69, 9.17) is 4.42 Å². The lowest BCUT2D eigenvalue weighted by molar-refractivity contribution is 0.470. The maximum Gasteiger partial charge on any atom is 0.140 e. The zero-order valence-corrected chi connectivity index (χ0v) is 12.2. The van der Waals surface area contributed by atoms with Crippen LogP contribution in [0.1, 0.15) is 19.6 Å². The molecule has 0 fully saturated rings. The largest absolute Gasteiger partial charge is 0.460 e. The minimum atomic E-state index is -0.640. The number of hydrogen-bond acceptors (Lipinski definition) is 2. The first-order valence-corrected chi connectivity index (χ1v) is 6.73. The molecule has 1 aromatic heterocycles. The zero-order valence-electron chi connectivity index (χ0n) is 10.6. The van der Waals surface area contributed by atoms with E-state index in [1.807, 2.05) is 13.8 Å². The van der Waals surface area contributed by atoms with Gasteiger partial charge in [-0.25, -0.2) is 8.78 Å². The van der Waals surface area contributed by atoms with E-state index in [0.29, 0.717) is 24.1 Å². The first-order chi connectivity index (χ1) is 8.97. The van der Waals surface area contributed by atoms with Crippen molar-refractivity contribution in [3.8, 4) is 11.3 Å². The fourth-order valence-electron chi connectivity index (χ4n) is 1.63. The molecule has 0 aliphatic carbocycles. The molecule has 1 aromatic carbocycles. The minimum absolute atomic E-state index is 0.210. The van der Waals surface area contributed by atoms with Crippen LogP contribution < -0.4 is 5.32 Å². The normalized spacial score (nSPS) is 11.3. The van der Waals surface area contributed by atoms with Crippen molar-refractivity contribution in [2.24, 2.45) is 0 Å². The van der Waals surface area contributed by atoms with Crippen LogP contribution in [0.2, 0.25) is 0 Å². The third-order valence-corrected chi connectivity index (χ3v) is 3.23. The number of hydrogen-bond donors (Lipinski definition) is 1. The van der Waals surface area contributed by atoms with Crippen LogP contribution in [0.5, 0.6) is 0 Å². The molecule has 0 amide bonds. The van der Waals surface area contributed by atoms with Crippen LogP contribution in [-0.4, -0.2) is 6.04 Å². The monoisotopic (exact) mass is 329 g/mol. The Kier molecular flexibility index (Phi) is 4.37. The summed E-state index contributed by atoms with van der Waals surface area (Å²) in [4.78, 5) is 0. The van der Waals surface area contributed by atoms with E-state index >= 15 is 0 Å². The molecular formula is C14H14BrF2NO. The lowest BCUT2D eigenvalue weighted by Crippen LogP contribution is -2.21. The van der Waals surface area contributed by atoms with Crippen LogP contribution in [0, 0.1) is 11.6 Å². The summed E-state index contributed by atoms with van der Waals surface area (Å²) in [5.41, 5.74) is 0.240. The molecule has 0 unspecified atom stereocenters. The van der Waals surface area contributed by atoms with E-state index in [-0.39, 0.29) is 10.0 Å². The number of nitrogens with one attached hydrogen (secondary N) is 1. The molecule has 5 heteroatoms. The third-order valence-electron chi connectivity index (χ3n) is 2.62. The van der Waals surface area contributed by atoms with E-state index < -0.39 is 11.6 Å². The van der Waals surface area contributed by atoms with Crippen LogP contribution in [0.25, 0.3) is 11.3 Å². The number of rotatable bonds is 4. The predicted molar refractivity (Wildman–Crippen MR) is 73.7 cm³/mol. The van der Waals surface area contributed by atoms with Crippen molar-refractivity contribution in [2.45, 2.75) is 26.4 Å². The molecule has 2 rings (SSSR count). The summed E-state index contributed by atoms with van der Waals surface area (Å²) >= 11 is 3.04. The van der Waals surface area contributed by atoms with Crippen molar-refractivity contribution < 1.29 is 13.2 Å². The molecule has 0 bridgehead atoms. The Morgan fingerprint density at radius 1 is 1.21 bits per heavy atom. The Balaban J connectivity index is 2.25. The Morgan fingerprint density at radius 2 is 1.95 bits per heavy atom. The third kappa shape index (κ3) is 3.42. The first-order valence-electron chi connectivity index (χ1n) is 5.94. The number of furan rings is 1. The van der Waals surface area contributed by atoms with Gasteiger partial charge in [0.25, 0.3) is 0 Å². The molecule has 1 N–H and O–H groups in total. The van der Waals surface area contributed by atoms with Gasteiger partial charge in [0.05, 0.1) is 16.6 Å². The van der Waals surface area contributed by atoms with Crippen molar-refractivity contribution in [3.05, 3.63) is 46.1 Å². The summed E-state index contributed by atoms with van der Waals surface area (Å²) in [6.45, 7) is 4.63. The minimum Gasteiger partial charge on any atom is -0.460 e. The van der Waals surface area contributed by atoms with E-state index in [1.165, 1.54) is 6.07 Å². The molecule has 2 aromatic rings. The Labute approximate surface area is 118 Å². The summed E-state index contributed by atoms with van der Waals surface area (Å²) in [6.07, 6.45) is 0. The van der Waals surface area contributed by atoms with Crippen LogP contribution in [0.4, 0.5) is 8.78 Å². The summed E-state index contributed by atoms with van der Waals surface area (Å²) in [5.74, 6) is -0.171. The lowest BCUT2D eigenvalue weighted by Gasteiger charge is -2.05. The van der Waals surface area contributed by atoms with Crippen molar-refractivity contribution >= 4 is 15.9 Å². The highest BCUT2D eigenvalue weighted by Crippen LogP contribution is 2.29. The van der Waals surface area contributed by atoms with Crippen LogP contribution in [0.3, 0.4) is 0 Å². The van der Waals surface area contributed by atoms with Crippen LogP contribution >= 0.6 is 15.9 Å². The molecule has 19 heavy (non-hydrogen) atoms. The maximum absolute atomic E-state index is 13.7. The molecule has 0 aliphatic rings. The summed E-state index contributed by atoms with van der Waals surface area (Å²) in [6, 6.07) is 6.02. The van der Waals surface area contributed by atoms with Gasteiger partial charge >= 0.3 is 0 Å². The van der Waals surface area contributed by atoms with Gasteiger partial charge in [-0.2, -0.15) is 0 Å². The van der Waals surface area contributed by atoms with Crippen molar-refractivity contribution in [1.82, 2.24) is 5.32 Å². The number of halogens is 3. The SMILES string of the molecule is CC(C)NCc1ccc(-c2cc(Br)c(F)cc2F)o1. The Hall–Kier alpha value is -1.20. The highest BCUT2D eigenvalue weighted by Gasteiger charge is 2.13. The van der Waals surface area contributed by atoms with Gasteiger partial charge in [0, 0.05) is 12.1 Å². The molecule has 1 heterocycles. The van der Waals surface area contributed by atoms with Crippen LogP contribution in [0.15, 0.2) is 33.2 Å². The molecule has 102 valence electrons. The fraction of sp³-hybridized carbons (Fsp3) is 0.286. The van der Waals surface area contributed by atoms with Gasteiger partial charge in [-0.15, -0.1) is 0 Å². The van der Waals surface area contributed by atoms with Crippen molar-refractivity contribution in [2.75, 3.05) is 0 Å². The second kappa shape index (κ2) is 5.84. The average molecular weight is 330 g/mol. The fourth-order valence-corrected chi connectivity index (χ4v) is 1.98. The Bertz CT molecular complexity index is 581. The Morgan fingerprint density at radius 3 is 2.63 bits per heavy atom. The predicted octanol–water partition coefficient (Wildman–Crippen LogP) is 4.49. The quantitative estimate of drug-likeness (QED) is 0.836. The lowest BCUT2D eigenvalue weighted by atomic mass is 10.1. The van der Waals surface area contributed by atoms with E-state index in [0.717, 1.165) is 6.07 Å². The maximum atomic E-state index is 13.7. The van der Waals surface area contributed by atoms with Gasteiger partial charge in [0.15, 0.2) is 0 Å². The highest BCUT2D eigenvalue weighted by molar-refractivity contribution is 9.10. The van der Waals surface area contributed by atoms with Gasteiger partial charge in [-0.1, -0.05) is 13.8 Å². The van der Waals surface area contributed by atoms with Crippen molar-refractivity contribution in [1.29, 1.82) is 0 Å². The summed E-state index contributed by atoms with van der Waals surface area (Å²) in [7, 11) is 0. The van der Waals surface area contributed by atoms with E-state index in [9.17, 15) is 8.78 Å². The smallest absolute Gasteiger partial charge is 0.140 e. The molecule has 0 radical (unpaired) electrons. The van der Waals surface area contributed by atoms with Gasteiger partial charge in [0.2, 0.25) is 0 Å². The second-order valence-electron chi connectivity index (χ2n) is 4.55. The molecule has 0 saturated heterocycles. The second-order valence-corrected chi connectivity index (χ2v) is 5.40. The highest BCUT2D eigenvalue weighted by atomic mass is 79.9. The number of benzene rings is 1. The molecule has 0 atom stereocenters. The molecule has 0 aliphatic heterocycles.